The molecular weight excluding hydrogens is 248 g/mol. The van der Waals surface area contributed by atoms with Crippen molar-refractivity contribution in [3.05, 3.63) is 35.4 Å². The molecule has 0 heterocycles. The fourth-order valence-corrected chi connectivity index (χ4v) is 1.56. The molecule has 3 N–H and O–H groups in total. The highest BCUT2D eigenvalue weighted by Gasteiger charge is 2.19. The molecule has 0 aliphatic carbocycles. The Labute approximate surface area is 111 Å². The minimum Gasteiger partial charge on any atom is -0.480 e. The lowest BCUT2D eigenvalue weighted by Gasteiger charge is -2.14. The van der Waals surface area contributed by atoms with E-state index in [1.54, 1.807) is 0 Å². The Hall–Kier alpha value is -2.08. The molecule has 0 bridgehead atoms. The van der Waals surface area contributed by atoms with Crippen molar-refractivity contribution < 1.29 is 19.4 Å². The molecule has 1 unspecified atom stereocenters. The smallest absolute Gasteiger partial charge is 0.328 e. The van der Waals surface area contributed by atoms with E-state index in [4.69, 9.17) is 9.84 Å². The van der Waals surface area contributed by atoms with E-state index in [1.165, 1.54) is 7.11 Å². The van der Waals surface area contributed by atoms with Crippen molar-refractivity contribution in [3.8, 4) is 0 Å². The number of carbonyl (C=O) groups is 2. The van der Waals surface area contributed by atoms with E-state index >= 15 is 0 Å². The summed E-state index contributed by atoms with van der Waals surface area (Å²) >= 11 is 0. The Kier molecular flexibility index (Phi) is 5.81. The van der Waals surface area contributed by atoms with Crippen molar-refractivity contribution >= 4 is 12.0 Å². The van der Waals surface area contributed by atoms with Crippen LogP contribution in [0.25, 0.3) is 0 Å². The third-order valence-corrected chi connectivity index (χ3v) is 2.47. The Morgan fingerprint density at radius 2 is 2.16 bits per heavy atom. The van der Waals surface area contributed by atoms with Crippen molar-refractivity contribution in [1.29, 1.82) is 0 Å². The van der Waals surface area contributed by atoms with Gasteiger partial charge in [0.2, 0.25) is 0 Å². The summed E-state index contributed by atoms with van der Waals surface area (Å²) in [7, 11) is 1.38. The monoisotopic (exact) mass is 266 g/mol. The lowest BCUT2D eigenvalue weighted by molar-refractivity contribution is -0.140. The molecule has 0 spiro atoms. The maximum Gasteiger partial charge on any atom is 0.328 e. The molecule has 1 aromatic carbocycles. The average molecular weight is 266 g/mol. The highest BCUT2D eigenvalue weighted by Crippen LogP contribution is 2.03. The van der Waals surface area contributed by atoms with Crippen molar-refractivity contribution in [2.24, 2.45) is 0 Å². The van der Waals surface area contributed by atoms with Gasteiger partial charge in [0.25, 0.3) is 0 Å². The van der Waals surface area contributed by atoms with Crippen molar-refractivity contribution in [1.82, 2.24) is 10.6 Å². The number of amides is 2. The molecule has 0 saturated carbocycles. The normalized spacial score (nSPS) is 11.7. The molecule has 2 amide bonds. The maximum atomic E-state index is 11.5. The number of methoxy groups -OCH3 is 1. The zero-order chi connectivity index (χ0) is 14.3. The summed E-state index contributed by atoms with van der Waals surface area (Å²) in [4.78, 5) is 22.4. The maximum absolute atomic E-state index is 11.5. The summed E-state index contributed by atoms with van der Waals surface area (Å²) < 4.78 is 4.72. The third-order valence-electron chi connectivity index (χ3n) is 2.47. The number of aryl methyl sites for hydroxylation is 1. The molecule has 19 heavy (non-hydrogen) atoms. The topological polar surface area (TPSA) is 87.7 Å². The van der Waals surface area contributed by atoms with Gasteiger partial charge in [-0.25, -0.2) is 9.59 Å². The number of hydrogen-bond acceptors (Lipinski definition) is 3. The van der Waals surface area contributed by atoms with Crippen LogP contribution in [0.2, 0.25) is 0 Å². The van der Waals surface area contributed by atoms with E-state index in [0.29, 0.717) is 6.54 Å². The second-order valence-corrected chi connectivity index (χ2v) is 4.16. The summed E-state index contributed by atoms with van der Waals surface area (Å²) in [5.74, 6) is -1.13. The zero-order valence-corrected chi connectivity index (χ0v) is 11.0. The SMILES string of the molecule is COCC(NC(=O)NCc1cccc(C)c1)C(=O)O. The highest BCUT2D eigenvalue weighted by atomic mass is 16.5. The minimum absolute atomic E-state index is 0.0762. The lowest BCUT2D eigenvalue weighted by Crippen LogP contribution is -2.48. The van der Waals surface area contributed by atoms with Crippen LogP contribution in [0.5, 0.6) is 0 Å². The molecule has 1 aromatic rings. The molecule has 1 atom stereocenters. The Bertz CT molecular complexity index is 448. The average Bonchev–Trinajstić information content (AvgIpc) is 2.36. The number of rotatable bonds is 6. The van der Waals surface area contributed by atoms with Crippen LogP contribution in [-0.2, 0) is 16.1 Å². The van der Waals surface area contributed by atoms with Crippen molar-refractivity contribution in [3.63, 3.8) is 0 Å². The van der Waals surface area contributed by atoms with Crippen LogP contribution in [-0.4, -0.2) is 36.9 Å². The predicted octanol–water partition coefficient (Wildman–Crippen LogP) is 0.894. The summed E-state index contributed by atoms with van der Waals surface area (Å²) in [5, 5.41) is 13.8. The number of carbonyl (C=O) groups excluding carboxylic acids is 1. The predicted molar refractivity (Wildman–Crippen MR) is 69.9 cm³/mol. The first-order valence-corrected chi connectivity index (χ1v) is 5.84. The standard InChI is InChI=1S/C13H18N2O4/c1-9-4-3-5-10(6-9)7-14-13(18)15-11(8-19-2)12(16)17/h3-6,11H,7-8H2,1-2H3,(H,16,17)(H2,14,15,18). The second-order valence-electron chi connectivity index (χ2n) is 4.16. The molecule has 6 nitrogen and oxygen atoms in total. The third kappa shape index (κ3) is 5.39. The number of carboxylic acids is 1. The second kappa shape index (κ2) is 7.38. The van der Waals surface area contributed by atoms with Gasteiger partial charge >= 0.3 is 12.0 Å². The number of aliphatic carboxylic acids is 1. The van der Waals surface area contributed by atoms with E-state index in [1.807, 2.05) is 31.2 Å². The molecule has 0 fully saturated rings. The molecule has 0 aromatic heterocycles. The van der Waals surface area contributed by atoms with Crippen LogP contribution in [0.4, 0.5) is 4.79 Å². The first-order valence-electron chi connectivity index (χ1n) is 5.84. The van der Waals surface area contributed by atoms with Gasteiger partial charge in [-0.1, -0.05) is 29.8 Å². The van der Waals surface area contributed by atoms with E-state index in [-0.39, 0.29) is 6.61 Å². The molecule has 1 rings (SSSR count). The molecule has 0 saturated heterocycles. The first-order chi connectivity index (χ1) is 9.02. The molecule has 6 heteroatoms. The minimum atomic E-state index is -1.13. The molecule has 0 radical (unpaired) electrons. The molecule has 0 aliphatic rings. The number of ether oxygens (including phenoxy) is 1. The van der Waals surface area contributed by atoms with Gasteiger partial charge in [0.05, 0.1) is 6.61 Å². The fraction of sp³-hybridized carbons (Fsp3) is 0.385. The van der Waals surface area contributed by atoms with Gasteiger partial charge in [0, 0.05) is 13.7 Å². The fourth-order valence-electron chi connectivity index (χ4n) is 1.56. The van der Waals surface area contributed by atoms with Gasteiger partial charge in [-0.15, -0.1) is 0 Å². The van der Waals surface area contributed by atoms with Crippen LogP contribution in [0.3, 0.4) is 0 Å². The molecule has 0 aliphatic heterocycles. The number of carboxylic acid groups (broad SMARTS) is 1. The van der Waals surface area contributed by atoms with Gasteiger partial charge in [0.15, 0.2) is 6.04 Å². The summed E-state index contributed by atoms with van der Waals surface area (Å²) in [6, 6.07) is 6.10. The van der Waals surface area contributed by atoms with Crippen LogP contribution in [0, 0.1) is 6.92 Å². The molecule has 104 valence electrons. The quantitative estimate of drug-likeness (QED) is 0.713. The number of nitrogens with one attached hydrogen (secondary N) is 2. The van der Waals surface area contributed by atoms with Crippen LogP contribution in [0.1, 0.15) is 11.1 Å². The van der Waals surface area contributed by atoms with Gasteiger partial charge in [-0.2, -0.15) is 0 Å². The highest BCUT2D eigenvalue weighted by molar-refractivity contribution is 5.82. The largest absolute Gasteiger partial charge is 0.480 e. The van der Waals surface area contributed by atoms with Crippen molar-refractivity contribution in [2.75, 3.05) is 13.7 Å². The summed E-state index contributed by atoms with van der Waals surface area (Å²) in [5.41, 5.74) is 2.05. The Morgan fingerprint density at radius 3 is 2.74 bits per heavy atom. The van der Waals surface area contributed by atoms with Crippen LogP contribution in [0.15, 0.2) is 24.3 Å². The number of benzene rings is 1. The lowest BCUT2D eigenvalue weighted by atomic mass is 10.1. The Morgan fingerprint density at radius 1 is 1.42 bits per heavy atom. The van der Waals surface area contributed by atoms with Gasteiger partial charge in [-0.05, 0) is 12.5 Å². The Balaban J connectivity index is 2.44. The van der Waals surface area contributed by atoms with E-state index < -0.39 is 18.0 Å². The van der Waals surface area contributed by atoms with Crippen LogP contribution < -0.4 is 10.6 Å². The number of urea groups is 1. The summed E-state index contributed by atoms with van der Waals surface area (Å²) in [6.07, 6.45) is 0. The van der Waals surface area contributed by atoms with E-state index in [2.05, 4.69) is 10.6 Å². The first kappa shape index (κ1) is 15.0. The van der Waals surface area contributed by atoms with Crippen molar-refractivity contribution in [2.45, 2.75) is 19.5 Å². The van der Waals surface area contributed by atoms with Gasteiger partial charge < -0.3 is 20.5 Å². The zero-order valence-electron chi connectivity index (χ0n) is 11.0. The molecular formula is C13H18N2O4. The van der Waals surface area contributed by atoms with Crippen LogP contribution >= 0.6 is 0 Å². The van der Waals surface area contributed by atoms with Gasteiger partial charge in [0.1, 0.15) is 0 Å². The van der Waals surface area contributed by atoms with E-state index in [9.17, 15) is 9.59 Å². The van der Waals surface area contributed by atoms with Gasteiger partial charge in [-0.3, -0.25) is 0 Å². The number of hydrogen-bond donors (Lipinski definition) is 3. The summed E-state index contributed by atoms with van der Waals surface area (Å²) in [6.45, 7) is 2.22. The van der Waals surface area contributed by atoms with E-state index in [0.717, 1.165) is 11.1 Å².